The number of rotatable bonds is 5. The molecule has 2 heterocycles. The van der Waals surface area contributed by atoms with Crippen LogP contribution < -0.4 is 0 Å². The van der Waals surface area contributed by atoms with Crippen LogP contribution in [0.4, 0.5) is 0 Å². The van der Waals surface area contributed by atoms with Crippen molar-refractivity contribution in [2.75, 3.05) is 0 Å². The first-order chi connectivity index (χ1) is 13.5. The van der Waals surface area contributed by atoms with Crippen molar-refractivity contribution in [1.82, 2.24) is 4.90 Å². The molecule has 4 nitrogen and oxygen atoms in total. The van der Waals surface area contributed by atoms with E-state index in [0.717, 1.165) is 19.3 Å². The number of fused-ring (bicyclic) bond motifs is 2. The first kappa shape index (κ1) is 19.2. The number of amides is 1. The molecular formula is C23H27NO3S. The standard InChI is InChI=1S/C23H27NO3S/c1-17-7-5-6-8-18(17)11-14-23(25)24-19-12-13-20(24)16-22(15-19)28(26,27)21-9-3-2-4-10-21/h2-10,19-20,22H,11-16H2,1H3. The SMILES string of the molecule is Cc1ccccc1CCC(=O)N1C2CCC1CC(S(=O)(=O)c1ccccc1)C2. The molecule has 0 aromatic heterocycles. The first-order valence-electron chi connectivity index (χ1n) is 10.1. The van der Waals surface area contributed by atoms with Gasteiger partial charge in [-0.1, -0.05) is 42.5 Å². The van der Waals surface area contributed by atoms with Gasteiger partial charge < -0.3 is 4.90 Å². The number of sulfone groups is 1. The van der Waals surface area contributed by atoms with Crippen molar-refractivity contribution in [3.63, 3.8) is 0 Å². The van der Waals surface area contributed by atoms with Crippen molar-refractivity contribution in [3.05, 3.63) is 65.7 Å². The summed E-state index contributed by atoms with van der Waals surface area (Å²) in [5.74, 6) is 0.173. The van der Waals surface area contributed by atoms with Gasteiger partial charge in [-0.2, -0.15) is 0 Å². The lowest BCUT2D eigenvalue weighted by atomic mass is 9.99. The van der Waals surface area contributed by atoms with E-state index >= 15 is 0 Å². The fourth-order valence-corrected chi connectivity index (χ4v) is 6.72. The highest BCUT2D eigenvalue weighted by Crippen LogP contribution is 2.40. The van der Waals surface area contributed by atoms with Crippen LogP contribution in [0.1, 0.15) is 43.2 Å². The molecule has 2 bridgehead atoms. The van der Waals surface area contributed by atoms with Gasteiger partial charge in [-0.15, -0.1) is 0 Å². The van der Waals surface area contributed by atoms with E-state index in [2.05, 4.69) is 19.1 Å². The minimum absolute atomic E-state index is 0.0617. The Bertz CT molecular complexity index is 941. The van der Waals surface area contributed by atoms with Crippen LogP contribution in [0.5, 0.6) is 0 Å². The summed E-state index contributed by atoms with van der Waals surface area (Å²) in [6, 6.07) is 17.0. The van der Waals surface area contributed by atoms with E-state index in [-0.39, 0.29) is 23.2 Å². The zero-order valence-corrected chi connectivity index (χ0v) is 17.1. The number of nitrogens with zero attached hydrogens (tertiary/aromatic N) is 1. The highest BCUT2D eigenvalue weighted by atomic mass is 32.2. The van der Waals surface area contributed by atoms with Gasteiger partial charge in [-0.05, 0) is 62.3 Å². The molecule has 28 heavy (non-hydrogen) atoms. The van der Waals surface area contributed by atoms with E-state index in [1.54, 1.807) is 24.3 Å². The zero-order chi connectivity index (χ0) is 19.7. The molecule has 148 valence electrons. The van der Waals surface area contributed by atoms with Crippen LogP contribution >= 0.6 is 0 Å². The zero-order valence-electron chi connectivity index (χ0n) is 16.3. The summed E-state index contributed by atoms with van der Waals surface area (Å²) < 4.78 is 26.1. The third kappa shape index (κ3) is 3.60. The van der Waals surface area contributed by atoms with Gasteiger partial charge in [0.15, 0.2) is 9.84 Å². The molecule has 4 rings (SSSR count). The molecule has 2 fully saturated rings. The Balaban J connectivity index is 1.44. The normalized spacial score (nSPS) is 24.3. The molecule has 0 radical (unpaired) electrons. The van der Waals surface area contributed by atoms with Crippen LogP contribution in [-0.4, -0.2) is 36.6 Å². The molecule has 5 heteroatoms. The second kappa shape index (κ2) is 7.70. The monoisotopic (exact) mass is 397 g/mol. The van der Waals surface area contributed by atoms with Crippen molar-refractivity contribution < 1.29 is 13.2 Å². The second-order valence-corrected chi connectivity index (χ2v) is 10.3. The number of carbonyl (C=O) groups excluding carboxylic acids is 1. The van der Waals surface area contributed by atoms with Crippen molar-refractivity contribution in [3.8, 4) is 0 Å². The Morgan fingerprint density at radius 3 is 2.21 bits per heavy atom. The summed E-state index contributed by atoms with van der Waals surface area (Å²) in [5, 5.41) is -0.382. The third-order valence-corrected chi connectivity index (χ3v) is 8.55. The van der Waals surface area contributed by atoms with Gasteiger partial charge in [0.1, 0.15) is 0 Å². The van der Waals surface area contributed by atoms with Crippen LogP contribution in [0.25, 0.3) is 0 Å². The topological polar surface area (TPSA) is 54.5 Å². The average Bonchev–Trinajstić information content (AvgIpc) is 2.97. The van der Waals surface area contributed by atoms with Crippen LogP contribution in [0.3, 0.4) is 0 Å². The van der Waals surface area contributed by atoms with Crippen LogP contribution in [0, 0.1) is 6.92 Å². The maximum Gasteiger partial charge on any atom is 0.223 e. The second-order valence-electron chi connectivity index (χ2n) is 8.06. The van der Waals surface area contributed by atoms with Crippen LogP contribution in [0.2, 0.25) is 0 Å². The maximum absolute atomic E-state index is 13.0. The fraction of sp³-hybridized carbons (Fsp3) is 0.435. The van der Waals surface area contributed by atoms with Gasteiger partial charge in [0.25, 0.3) is 0 Å². The largest absolute Gasteiger partial charge is 0.337 e. The highest BCUT2D eigenvalue weighted by molar-refractivity contribution is 7.92. The molecule has 2 saturated heterocycles. The molecule has 0 aliphatic carbocycles. The van der Waals surface area contributed by atoms with E-state index in [9.17, 15) is 13.2 Å². The van der Waals surface area contributed by atoms with Gasteiger partial charge in [0, 0.05) is 18.5 Å². The van der Waals surface area contributed by atoms with Crippen molar-refractivity contribution in [2.45, 2.75) is 67.7 Å². The summed E-state index contributed by atoms with van der Waals surface area (Å²) in [6.45, 7) is 2.07. The van der Waals surface area contributed by atoms with Crippen molar-refractivity contribution in [1.29, 1.82) is 0 Å². The quantitative estimate of drug-likeness (QED) is 0.768. The molecule has 1 amide bonds. The molecule has 0 spiro atoms. The van der Waals surface area contributed by atoms with E-state index < -0.39 is 9.84 Å². The van der Waals surface area contributed by atoms with E-state index in [1.807, 2.05) is 23.1 Å². The predicted octanol–water partition coefficient (Wildman–Crippen LogP) is 3.92. The lowest BCUT2D eigenvalue weighted by molar-refractivity contribution is -0.135. The van der Waals surface area contributed by atoms with Gasteiger partial charge in [-0.25, -0.2) is 8.42 Å². The molecule has 2 aromatic rings. The predicted molar refractivity (Wildman–Crippen MR) is 110 cm³/mol. The van der Waals surface area contributed by atoms with Gasteiger partial charge in [0.2, 0.25) is 5.91 Å². The number of hydrogen-bond acceptors (Lipinski definition) is 3. The van der Waals surface area contributed by atoms with E-state index in [0.29, 0.717) is 24.2 Å². The van der Waals surface area contributed by atoms with Crippen LogP contribution in [-0.2, 0) is 21.1 Å². The Morgan fingerprint density at radius 2 is 1.57 bits per heavy atom. The van der Waals surface area contributed by atoms with Crippen molar-refractivity contribution in [2.24, 2.45) is 0 Å². The average molecular weight is 398 g/mol. The highest BCUT2D eigenvalue weighted by Gasteiger charge is 2.46. The number of hydrogen-bond donors (Lipinski definition) is 0. The molecule has 0 N–H and O–H groups in total. The Hall–Kier alpha value is -2.14. The number of aryl methyl sites for hydroxylation is 2. The van der Waals surface area contributed by atoms with Gasteiger partial charge >= 0.3 is 0 Å². The molecule has 2 atom stereocenters. The minimum Gasteiger partial charge on any atom is -0.337 e. The molecule has 0 saturated carbocycles. The number of carbonyl (C=O) groups is 1. The Morgan fingerprint density at radius 1 is 0.964 bits per heavy atom. The van der Waals surface area contributed by atoms with E-state index in [4.69, 9.17) is 0 Å². The maximum atomic E-state index is 13.0. The van der Waals surface area contributed by atoms with E-state index in [1.165, 1.54) is 11.1 Å². The summed E-state index contributed by atoms with van der Waals surface area (Å²) in [4.78, 5) is 15.4. The summed E-state index contributed by atoms with van der Waals surface area (Å²) in [5.41, 5.74) is 2.43. The molecule has 2 aromatic carbocycles. The molecule has 2 aliphatic rings. The fourth-order valence-electron chi connectivity index (χ4n) is 4.85. The molecule has 2 unspecified atom stereocenters. The minimum atomic E-state index is -3.34. The molecule has 2 aliphatic heterocycles. The van der Waals surface area contributed by atoms with Gasteiger partial charge in [0.05, 0.1) is 10.1 Å². The van der Waals surface area contributed by atoms with Crippen molar-refractivity contribution >= 4 is 15.7 Å². The summed E-state index contributed by atoms with van der Waals surface area (Å²) >= 11 is 0. The smallest absolute Gasteiger partial charge is 0.223 e. The lowest BCUT2D eigenvalue weighted by Crippen LogP contribution is -2.49. The number of piperidine rings is 1. The summed E-state index contributed by atoms with van der Waals surface area (Å²) in [7, 11) is -3.34. The van der Waals surface area contributed by atoms with Crippen LogP contribution in [0.15, 0.2) is 59.5 Å². The third-order valence-electron chi connectivity index (χ3n) is 6.36. The Kier molecular flexibility index (Phi) is 5.28. The Labute approximate surface area is 167 Å². The first-order valence-corrected chi connectivity index (χ1v) is 11.7. The molecular weight excluding hydrogens is 370 g/mol. The lowest BCUT2D eigenvalue weighted by Gasteiger charge is -2.38. The van der Waals surface area contributed by atoms with Gasteiger partial charge in [-0.3, -0.25) is 4.79 Å². The summed E-state index contributed by atoms with van der Waals surface area (Å²) in [6.07, 6.45) is 4.19. The number of benzene rings is 2.